The first-order valence-electron chi connectivity index (χ1n) is 8.02. The summed E-state index contributed by atoms with van der Waals surface area (Å²) < 4.78 is 1.74. The number of amides is 2. The maximum absolute atomic E-state index is 12.8. The van der Waals surface area contributed by atoms with Gasteiger partial charge < -0.3 is 9.80 Å². The van der Waals surface area contributed by atoms with Crippen LogP contribution in [0.5, 0.6) is 0 Å². The Hall–Kier alpha value is -1.93. The van der Waals surface area contributed by atoms with Crippen LogP contribution in [0.3, 0.4) is 0 Å². The number of hydrogen-bond acceptors (Lipinski definition) is 5. The molecule has 1 fully saturated rings. The Labute approximate surface area is 135 Å². The first kappa shape index (κ1) is 15.9. The summed E-state index contributed by atoms with van der Waals surface area (Å²) in [6.07, 6.45) is 1.80. The Kier molecular flexibility index (Phi) is 4.36. The number of likely N-dealkylation sites (tertiary alicyclic amines) is 1. The highest BCUT2D eigenvalue weighted by Gasteiger charge is 2.34. The molecule has 1 aromatic heterocycles. The van der Waals surface area contributed by atoms with E-state index < -0.39 is 5.91 Å². The maximum Gasteiger partial charge on any atom is 0.295 e. The van der Waals surface area contributed by atoms with Crippen LogP contribution in [0.2, 0.25) is 0 Å². The van der Waals surface area contributed by atoms with E-state index in [0.29, 0.717) is 13.1 Å². The predicted octanol–water partition coefficient (Wildman–Crippen LogP) is 0.247. The third kappa shape index (κ3) is 2.96. The molecule has 2 N–H and O–H groups in total. The average molecular weight is 321 g/mol. The molecule has 1 atom stereocenters. The first-order chi connectivity index (χ1) is 11.0. The molecule has 0 radical (unpaired) electrons. The van der Waals surface area contributed by atoms with Crippen molar-refractivity contribution in [3.8, 4) is 0 Å². The number of hydroxylamine groups is 1. The Bertz CT molecular complexity index is 606. The molecule has 23 heavy (non-hydrogen) atoms. The number of hydrogen-bond donors (Lipinski definition) is 2. The second-order valence-electron chi connectivity index (χ2n) is 6.40. The fourth-order valence-corrected chi connectivity index (χ4v) is 3.46. The predicted molar refractivity (Wildman–Crippen MR) is 81.8 cm³/mol. The topological polar surface area (TPSA) is 90.7 Å². The smallest absolute Gasteiger partial charge is 0.295 e. The molecule has 0 saturated carbocycles. The van der Waals surface area contributed by atoms with Crippen LogP contribution in [0.25, 0.3) is 0 Å². The number of fused-ring (bicyclic) bond motifs is 1. The number of carbonyl (C=O) groups is 2. The minimum atomic E-state index is -0.632. The summed E-state index contributed by atoms with van der Waals surface area (Å²) in [5, 5.41) is 12.9. The minimum Gasteiger partial charge on any atom is -0.332 e. The Balaban J connectivity index is 1.75. The summed E-state index contributed by atoms with van der Waals surface area (Å²) >= 11 is 0. The van der Waals surface area contributed by atoms with Crippen LogP contribution in [-0.2, 0) is 11.3 Å². The van der Waals surface area contributed by atoms with Crippen LogP contribution in [0.4, 0.5) is 0 Å². The molecule has 0 bridgehead atoms. The van der Waals surface area contributed by atoms with Gasteiger partial charge in [0.25, 0.3) is 5.91 Å². The maximum atomic E-state index is 12.8. The highest BCUT2D eigenvalue weighted by molar-refractivity contribution is 5.91. The molecule has 2 amide bonds. The lowest BCUT2D eigenvalue weighted by atomic mass is 9.94. The minimum absolute atomic E-state index is 0.0864. The van der Waals surface area contributed by atoms with E-state index in [1.54, 1.807) is 16.2 Å². The van der Waals surface area contributed by atoms with Crippen LogP contribution in [0.1, 0.15) is 42.0 Å². The summed E-state index contributed by atoms with van der Waals surface area (Å²) in [5.74, 6) is -0.346. The standard InChI is InChI=1S/C15H23N5O3/c1-10-13-9-12(14(21)17-23)16-20(13)8-7-19(10)15(22)11-3-5-18(2)6-4-11/h9-11,23H,3-8H2,1-2H3,(H,17,21). The molecule has 3 heterocycles. The molecular weight excluding hydrogens is 298 g/mol. The van der Waals surface area contributed by atoms with E-state index in [-0.39, 0.29) is 23.6 Å². The molecule has 0 aromatic carbocycles. The molecule has 0 spiro atoms. The van der Waals surface area contributed by atoms with Crippen molar-refractivity contribution in [1.82, 2.24) is 25.1 Å². The van der Waals surface area contributed by atoms with Gasteiger partial charge in [0.05, 0.1) is 18.3 Å². The molecule has 1 saturated heterocycles. The van der Waals surface area contributed by atoms with E-state index in [2.05, 4.69) is 17.0 Å². The second kappa shape index (κ2) is 6.29. The van der Waals surface area contributed by atoms with Crippen LogP contribution in [0.15, 0.2) is 6.07 Å². The Morgan fingerprint density at radius 1 is 1.26 bits per heavy atom. The van der Waals surface area contributed by atoms with Gasteiger partial charge >= 0.3 is 0 Å². The van der Waals surface area contributed by atoms with Gasteiger partial charge in [0.15, 0.2) is 5.69 Å². The van der Waals surface area contributed by atoms with E-state index in [1.807, 2.05) is 11.8 Å². The third-order valence-electron chi connectivity index (χ3n) is 4.94. The first-order valence-corrected chi connectivity index (χ1v) is 8.02. The van der Waals surface area contributed by atoms with Crippen molar-refractivity contribution in [2.75, 3.05) is 26.7 Å². The van der Waals surface area contributed by atoms with Crippen LogP contribution in [-0.4, -0.2) is 63.3 Å². The molecule has 2 aliphatic rings. The van der Waals surface area contributed by atoms with Gasteiger partial charge in [-0.25, -0.2) is 5.48 Å². The van der Waals surface area contributed by atoms with Crippen LogP contribution >= 0.6 is 0 Å². The lowest BCUT2D eigenvalue weighted by molar-refractivity contribution is -0.140. The van der Waals surface area contributed by atoms with Crippen LogP contribution < -0.4 is 5.48 Å². The molecule has 8 nitrogen and oxygen atoms in total. The van der Waals surface area contributed by atoms with Gasteiger partial charge in [-0.2, -0.15) is 5.10 Å². The summed E-state index contributed by atoms with van der Waals surface area (Å²) in [6, 6.07) is 1.52. The van der Waals surface area contributed by atoms with E-state index in [9.17, 15) is 9.59 Å². The second-order valence-corrected chi connectivity index (χ2v) is 6.40. The zero-order valence-electron chi connectivity index (χ0n) is 13.5. The summed E-state index contributed by atoms with van der Waals surface area (Å²) in [5.41, 5.74) is 2.59. The zero-order chi connectivity index (χ0) is 16.6. The van der Waals surface area contributed by atoms with Crippen molar-refractivity contribution in [3.63, 3.8) is 0 Å². The van der Waals surface area contributed by atoms with Gasteiger partial charge in [0.2, 0.25) is 5.91 Å². The van der Waals surface area contributed by atoms with E-state index in [4.69, 9.17) is 5.21 Å². The molecule has 1 unspecified atom stereocenters. The van der Waals surface area contributed by atoms with Crippen molar-refractivity contribution in [2.24, 2.45) is 5.92 Å². The number of piperidine rings is 1. The molecule has 0 aliphatic carbocycles. The van der Waals surface area contributed by atoms with Gasteiger partial charge in [-0.15, -0.1) is 0 Å². The number of nitrogens with zero attached hydrogens (tertiary/aromatic N) is 4. The Morgan fingerprint density at radius 3 is 2.61 bits per heavy atom. The fourth-order valence-electron chi connectivity index (χ4n) is 3.46. The van der Waals surface area contributed by atoms with Crippen LogP contribution in [0, 0.1) is 5.92 Å². The SMILES string of the molecule is CC1c2cc(C(=O)NO)nn2CCN1C(=O)C1CCN(C)CC1. The van der Waals surface area contributed by atoms with Gasteiger partial charge in [-0.1, -0.05) is 0 Å². The Morgan fingerprint density at radius 2 is 1.96 bits per heavy atom. The quantitative estimate of drug-likeness (QED) is 0.602. The number of aromatic nitrogens is 2. The van der Waals surface area contributed by atoms with Gasteiger partial charge in [-0.05, 0) is 46.0 Å². The molecule has 1 aromatic rings. The zero-order valence-corrected chi connectivity index (χ0v) is 13.5. The average Bonchev–Trinajstić information content (AvgIpc) is 3.00. The molecule has 2 aliphatic heterocycles. The van der Waals surface area contributed by atoms with Crippen molar-refractivity contribution in [3.05, 3.63) is 17.5 Å². The van der Waals surface area contributed by atoms with Gasteiger partial charge in [0.1, 0.15) is 0 Å². The molecule has 8 heteroatoms. The fraction of sp³-hybridized carbons (Fsp3) is 0.667. The monoisotopic (exact) mass is 321 g/mol. The molecular formula is C15H23N5O3. The van der Waals surface area contributed by atoms with Gasteiger partial charge in [-0.3, -0.25) is 19.5 Å². The largest absolute Gasteiger partial charge is 0.332 e. The van der Waals surface area contributed by atoms with Crippen molar-refractivity contribution in [2.45, 2.75) is 32.4 Å². The lowest BCUT2D eigenvalue weighted by Crippen LogP contribution is -2.46. The third-order valence-corrected chi connectivity index (χ3v) is 4.94. The van der Waals surface area contributed by atoms with Crippen molar-refractivity contribution >= 4 is 11.8 Å². The number of carbonyl (C=O) groups excluding carboxylic acids is 2. The highest BCUT2D eigenvalue weighted by Crippen LogP contribution is 2.29. The van der Waals surface area contributed by atoms with E-state index in [1.165, 1.54) is 0 Å². The number of rotatable bonds is 2. The normalized spacial score (nSPS) is 22.7. The summed E-state index contributed by atoms with van der Waals surface area (Å²) in [7, 11) is 2.08. The molecule has 126 valence electrons. The van der Waals surface area contributed by atoms with Gasteiger partial charge in [0, 0.05) is 12.5 Å². The number of nitrogens with one attached hydrogen (secondary N) is 1. The molecule has 3 rings (SSSR count). The van der Waals surface area contributed by atoms with Crippen molar-refractivity contribution in [1.29, 1.82) is 0 Å². The lowest BCUT2D eigenvalue weighted by Gasteiger charge is -2.38. The highest BCUT2D eigenvalue weighted by atomic mass is 16.5. The van der Waals surface area contributed by atoms with E-state index in [0.717, 1.165) is 31.6 Å². The summed E-state index contributed by atoms with van der Waals surface area (Å²) in [4.78, 5) is 28.5. The summed E-state index contributed by atoms with van der Waals surface area (Å²) in [6.45, 7) is 5.03. The van der Waals surface area contributed by atoms with E-state index >= 15 is 0 Å². The van der Waals surface area contributed by atoms with Crippen molar-refractivity contribution < 1.29 is 14.8 Å².